The van der Waals surface area contributed by atoms with E-state index in [0.717, 1.165) is 23.1 Å². The third-order valence-corrected chi connectivity index (χ3v) is 4.36. The molecule has 3 nitrogen and oxygen atoms in total. The molecule has 0 heterocycles. The Hall–Kier alpha value is -1.38. The van der Waals surface area contributed by atoms with Crippen LogP contribution in [0.25, 0.3) is 0 Å². The van der Waals surface area contributed by atoms with Crippen LogP contribution in [0, 0.1) is 11.8 Å². The van der Waals surface area contributed by atoms with Gasteiger partial charge in [-0.1, -0.05) is 20.3 Å². The maximum atomic E-state index is 5.76. The Labute approximate surface area is 129 Å². The fourth-order valence-electron chi connectivity index (χ4n) is 3.09. The molecule has 21 heavy (non-hydrogen) atoms. The van der Waals surface area contributed by atoms with Gasteiger partial charge < -0.3 is 14.8 Å². The highest BCUT2D eigenvalue weighted by Gasteiger charge is 2.26. The minimum Gasteiger partial charge on any atom is -0.494 e. The molecule has 118 valence electrons. The van der Waals surface area contributed by atoms with E-state index in [9.17, 15) is 0 Å². The monoisotopic (exact) mass is 291 g/mol. The Morgan fingerprint density at radius 2 is 1.86 bits per heavy atom. The molecule has 3 unspecified atom stereocenters. The van der Waals surface area contributed by atoms with E-state index in [1.54, 1.807) is 0 Å². The molecule has 1 aromatic rings. The van der Waals surface area contributed by atoms with Gasteiger partial charge in [-0.25, -0.2) is 0 Å². The largest absolute Gasteiger partial charge is 0.494 e. The summed E-state index contributed by atoms with van der Waals surface area (Å²) >= 11 is 0. The summed E-state index contributed by atoms with van der Waals surface area (Å²) in [7, 11) is 0. The van der Waals surface area contributed by atoms with Gasteiger partial charge in [0.25, 0.3) is 0 Å². The van der Waals surface area contributed by atoms with Crippen molar-refractivity contribution in [1.82, 2.24) is 0 Å². The van der Waals surface area contributed by atoms with E-state index < -0.39 is 0 Å². The lowest BCUT2D eigenvalue weighted by Crippen LogP contribution is -2.33. The summed E-state index contributed by atoms with van der Waals surface area (Å²) in [5.41, 5.74) is 1.06. The number of ether oxygens (including phenoxy) is 2. The summed E-state index contributed by atoms with van der Waals surface area (Å²) in [6.45, 7) is 10.1. The summed E-state index contributed by atoms with van der Waals surface area (Å²) in [4.78, 5) is 0. The molecule has 1 saturated carbocycles. The standard InChI is InChI=1S/C18H29NO2/c1-5-20-15-9-10-18(21-6-2)17(12-15)19-16-11-13(3)7-8-14(16)4/h9-10,12-14,16,19H,5-8,11H2,1-4H3. The average Bonchev–Trinajstić information content (AvgIpc) is 2.46. The van der Waals surface area contributed by atoms with Crippen molar-refractivity contribution in [2.24, 2.45) is 11.8 Å². The smallest absolute Gasteiger partial charge is 0.142 e. The van der Waals surface area contributed by atoms with E-state index in [-0.39, 0.29) is 0 Å². The van der Waals surface area contributed by atoms with E-state index in [2.05, 4.69) is 25.2 Å². The zero-order chi connectivity index (χ0) is 15.2. The van der Waals surface area contributed by atoms with E-state index in [4.69, 9.17) is 9.47 Å². The Kier molecular flexibility index (Phi) is 5.77. The van der Waals surface area contributed by atoms with Crippen molar-refractivity contribution in [3.05, 3.63) is 18.2 Å². The van der Waals surface area contributed by atoms with Crippen molar-refractivity contribution in [3.63, 3.8) is 0 Å². The molecule has 1 aliphatic carbocycles. The molecule has 1 aliphatic rings. The molecular weight excluding hydrogens is 262 g/mol. The number of nitrogens with one attached hydrogen (secondary N) is 1. The second kappa shape index (κ2) is 7.58. The van der Waals surface area contributed by atoms with Gasteiger partial charge in [-0.05, 0) is 50.7 Å². The third-order valence-electron chi connectivity index (χ3n) is 4.36. The molecule has 0 spiro atoms. The van der Waals surface area contributed by atoms with E-state index in [1.165, 1.54) is 19.3 Å². The first-order valence-electron chi connectivity index (χ1n) is 8.30. The number of hydrogen-bond acceptors (Lipinski definition) is 3. The second-order valence-electron chi connectivity index (χ2n) is 6.17. The van der Waals surface area contributed by atoms with Gasteiger partial charge in [0.15, 0.2) is 0 Å². The first kappa shape index (κ1) is 16.0. The molecule has 3 atom stereocenters. The maximum Gasteiger partial charge on any atom is 0.142 e. The Bertz CT molecular complexity index is 447. The maximum absolute atomic E-state index is 5.76. The lowest BCUT2D eigenvalue weighted by atomic mass is 9.80. The van der Waals surface area contributed by atoms with Gasteiger partial charge in [0.2, 0.25) is 0 Å². The van der Waals surface area contributed by atoms with E-state index in [1.807, 2.05) is 26.0 Å². The molecule has 0 aromatic heterocycles. The quantitative estimate of drug-likeness (QED) is 0.822. The zero-order valence-electron chi connectivity index (χ0n) is 13.8. The van der Waals surface area contributed by atoms with Gasteiger partial charge >= 0.3 is 0 Å². The fraction of sp³-hybridized carbons (Fsp3) is 0.667. The SMILES string of the molecule is CCOc1ccc(OCC)c(NC2CC(C)CCC2C)c1. The normalized spacial score (nSPS) is 25.4. The first-order chi connectivity index (χ1) is 10.1. The van der Waals surface area contributed by atoms with E-state index in [0.29, 0.717) is 25.2 Å². The molecule has 0 saturated heterocycles. The van der Waals surface area contributed by atoms with Crippen molar-refractivity contribution >= 4 is 5.69 Å². The van der Waals surface area contributed by atoms with Crippen molar-refractivity contribution < 1.29 is 9.47 Å². The molecule has 0 amide bonds. The van der Waals surface area contributed by atoms with Crippen LogP contribution in [-0.4, -0.2) is 19.3 Å². The van der Waals surface area contributed by atoms with Crippen LogP contribution in [-0.2, 0) is 0 Å². The Balaban J connectivity index is 2.16. The topological polar surface area (TPSA) is 30.5 Å². The Morgan fingerprint density at radius 3 is 2.57 bits per heavy atom. The third kappa shape index (κ3) is 4.29. The molecule has 2 rings (SSSR count). The summed E-state index contributed by atoms with van der Waals surface area (Å²) in [6.07, 6.45) is 3.87. The number of benzene rings is 1. The second-order valence-corrected chi connectivity index (χ2v) is 6.17. The average molecular weight is 291 g/mol. The number of anilines is 1. The van der Waals surface area contributed by atoms with Crippen LogP contribution in [0.2, 0.25) is 0 Å². The molecular formula is C18H29NO2. The number of hydrogen-bond donors (Lipinski definition) is 1. The molecule has 0 aliphatic heterocycles. The minimum atomic E-state index is 0.518. The summed E-state index contributed by atoms with van der Waals surface area (Å²) < 4.78 is 11.4. The van der Waals surface area contributed by atoms with Crippen molar-refractivity contribution in [3.8, 4) is 11.5 Å². The van der Waals surface area contributed by atoms with Crippen molar-refractivity contribution in [2.45, 2.75) is 53.0 Å². The summed E-state index contributed by atoms with van der Waals surface area (Å²) in [5.74, 6) is 3.32. The highest BCUT2D eigenvalue weighted by atomic mass is 16.5. The van der Waals surface area contributed by atoms with Gasteiger partial charge in [-0.2, -0.15) is 0 Å². The van der Waals surface area contributed by atoms with Gasteiger partial charge in [-0.3, -0.25) is 0 Å². The fourth-order valence-corrected chi connectivity index (χ4v) is 3.09. The highest BCUT2D eigenvalue weighted by Crippen LogP contribution is 2.35. The number of rotatable bonds is 6. The first-order valence-corrected chi connectivity index (χ1v) is 8.30. The molecule has 1 N–H and O–H groups in total. The zero-order valence-corrected chi connectivity index (χ0v) is 13.8. The van der Waals surface area contributed by atoms with Crippen LogP contribution < -0.4 is 14.8 Å². The van der Waals surface area contributed by atoms with E-state index >= 15 is 0 Å². The van der Waals surface area contributed by atoms with Crippen LogP contribution in [0.5, 0.6) is 11.5 Å². The molecule has 3 heteroatoms. The summed E-state index contributed by atoms with van der Waals surface area (Å²) in [6, 6.07) is 6.57. The van der Waals surface area contributed by atoms with Gasteiger partial charge in [0.1, 0.15) is 11.5 Å². The van der Waals surface area contributed by atoms with Crippen LogP contribution in [0.1, 0.15) is 47.0 Å². The molecule has 1 fully saturated rings. The van der Waals surface area contributed by atoms with Gasteiger partial charge in [-0.15, -0.1) is 0 Å². The minimum absolute atomic E-state index is 0.518. The molecule has 1 aromatic carbocycles. The van der Waals surface area contributed by atoms with Crippen LogP contribution in [0.3, 0.4) is 0 Å². The van der Waals surface area contributed by atoms with Crippen molar-refractivity contribution in [1.29, 1.82) is 0 Å². The predicted molar refractivity (Wildman–Crippen MR) is 88.4 cm³/mol. The lowest BCUT2D eigenvalue weighted by molar-refractivity contribution is 0.279. The summed E-state index contributed by atoms with van der Waals surface area (Å²) in [5, 5.41) is 3.71. The predicted octanol–water partition coefficient (Wildman–Crippen LogP) is 4.72. The molecule has 0 radical (unpaired) electrons. The van der Waals surface area contributed by atoms with Crippen LogP contribution >= 0.6 is 0 Å². The molecule has 0 bridgehead atoms. The van der Waals surface area contributed by atoms with Gasteiger partial charge in [0, 0.05) is 12.1 Å². The van der Waals surface area contributed by atoms with Gasteiger partial charge in [0.05, 0.1) is 18.9 Å². The Morgan fingerprint density at radius 1 is 1.10 bits per heavy atom. The van der Waals surface area contributed by atoms with Crippen LogP contribution in [0.15, 0.2) is 18.2 Å². The van der Waals surface area contributed by atoms with Crippen molar-refractivity contribution in [2.75, 3.05) is 18.5 Å². The highest BCUT2D eigenvalue weighted by molar-refractivity contribution is 5.60. The lowest BCUT2D eigenvalue weighted by Gasteiger charge is -2.34. The van der Waals surface area contributed by atoms with Crippen LogP contribution in [0.4, 0.5) is 5.69 Å².